The van der Waals surface area contributed by atoms with Gasteiger partial charge in [0.15, 0.2) is 0 Å². The molecule has 3 heteroatoms. The smallest absolute Gasteiger partial charge is 0.323 e. The minimum atomic E-state index is -0.785. The Kier molecular flexibility index (Phi) is 4.35. The van der Waals surface area contributed by atoms with Crippen LogP contribution in [-0.4, -0.2) is 24.2 Å². The van der Waals surface area contributed by atoms with Crippen molar-refractivity contribution in [2.24, 2.45) is 0 Å². The fraction of sp³-hybridized carbons (Fsp3) is 0.462. The number of hydrogen-bond acceptors (Lipinski definition) is 2. The van der Waals surface area contributed by atoms with E-state index in [4.69, 9.17) is 5.11 Å². The van der Waals surface area contributed by atoms with E-state index in [1.807, 2.05) is 30.9 Å². The average Bonchev–Trinajstić information content (AvgIpc) is 2.14. The zero-order chi connectivity index (χ0) is 12.1. The Morgan fingerprint density at radius 1 is 1.25 bits per heavy atom. The maximum Gasteiger partial charge on any atom is 0.323 e. The van der Waals surface area contributed by atoms with Gasteiger partial charge in [0.25, 0.3) is 0 Å². The van der Waals surface area contributed by atoms with E-state index in [1.54, 1.807) is 0 Å². The van der Waals surface area contributed by atoms with Gasteiger partial charge in [0.05, 0.1) is 0 Å². The van der Waals surface area contributed by atoms with Crippen molar-refractivity contribution in [3.63, 3.8) is 0 Å². The topological polar surface area (TPSA) is 40.5 Å². The van der Waals surface area contributed by atoms with Crippen LogP contribution in [0.25, 0.3) is 0 Å². The molecule has 0 fully saturated rings. The number of benzene rings is 1. The van der Waals surface area contributed by atoms with E-state index in [2.05, 4.69) is 13.0 Å². The highest BCUT2D eigenvalue weighted by Gasteiger charge is 2.10. The molecule has 0 aliphatic heterocycles. The third-order valence-corrected chi connectivity index (χ3v) is 2.39. The minimum absolute atomic E-state index is 0.0662. The molecular formula is C13H19NO2. The third-order valence-electron chi connectivity index (χ3n) is 2.39. The van der Waals surface area contributed by atoms with Crippen molar-refractivity contribution >= 4 is 11.7 Å². The van der Waals surface area contributed by atoms with Crippen molar-refractivity contribution in [3.05, 3.63) is 29.3 Å². The summed E-state index contributed by atoms with van der Waals surface area (Å²) < 4.78 is 0. The van der Waals surface area contributed by atoms with Gasteiger partial charge in [-0.1, -0.05) is 13.0 Å². The van der Waals surface area contributed by atoms with Crippen LogP contribution >= 0.6 is 0 Å². The second kappa shape index (κ2) is 5.54. The van der Waals surface area contributed by atoms with Gasteiger partial charge in [-0.3, -0.25) is 4.79 Å². The Morgan fingerprint density at radius 3 is 2.25 bits per heavy atom. The number of nitrogens with zero attached hydrogens (tertiary/aromatic N) is 1. The Labute approximate surface area is 96.7 Å². The monoisotopic (exact) mass is 221 g/mol. The molecule has 0 bridgehead atoms. The zero-order valence-corrected chi connectivity index (χ0v) is 10.2. The Hall–Kier alpha value is -1.51. The summed E-state index contributed by atoms with van der Waals surface area (Å²) in [5, 5.41) is 8.87. The number of carbonyl (C=O) groups is 1. The van der Waals surface area contributed by atoms with Crippen LogP contribution in [0.15, 0.2) is 18.2 Å². The van der Waals surface area contributed by atoms with Crippen LogP contribution in [0.1, 0.15) is 24.5 Å². The summed E-state index contributed by atoms with van der Waals surface area (Å²) in [5.74, 6) is -0.785. The highest BCUT2D eigenvalue weighted by atomic mass is 16.4. The predicted octanol–water partition coefficient (Wildman–Crippen LogP) is 2.60. The Morgan fingerprint density at radius 2 is 1.81 bits per heavy atom. The molecule has 0 unspecified atom stereocenters. The normalized spacial score (nSPS) is 10.2. The quantitative estimate of drug-likeness (QED) is 0.830. The lowest BCUT2D eigenvalue weighted by atomic mass is 10.1. The summed E-state index contributed by atoms with van der Waals surface area (Å²) in [6.45, 7) is 6.95. The number of aliphatic carboxylic acids is 1. The maximum atomic E-state index is 10.8. The van der Waals surface area contributed by atoms with Crippen LogP contribution in [0.2, 0.25) is 0 Å². The van der Waals surface area contributed by atoms with Gasteiger partial charge in [-0.25, -0.2) is 0 Å². The predicted molar refractivity (Wildman–Crippen MR) is 66.1 cm³/mol. The molecule has 0 aromatic heterocycles. The minimum Gasteiger partial charge on any atom is -0.480 e. The van der Waals surface area contributed by atoms with Crippen LogP contribution in [0, 0.1) is 13.8 Å². The lowest BCUT2D eigenvalue weighted by Crippen LogP contribution is -2.30. The van der Waals surface area contributed by atoms with Gasteiger partial charge in [0, 0.05) is 12.2 Å². The summed E-state index contributed by atoms with van der Waals surface area (Å²) in [6, 6.07) is 6.16. The molecule has 0 amide bonds. The third kappa shape index (κ3) is 3.57. The number of hydrogen-bond donors (Lipinski definition) is 1. The maximum absolute atomic E-state index is 10.8. The lowest BCUT2D eigenvalue weighted by Gasteiger charge is -2.23. The molecule has 0 atom stereocenters. The van der Waals surface area contributed by atoms with E-state index in [1.165, 1.54) is 11.1 Å². The van der Waals surface area contributed by atoms with Crippen LogP contribution < -0.4 is 4.90 Å². The summed E-state index contributed by atoms with van der Waals surface area (Å²) in [4.78, 5) is 12.7. The first kappa shape index (κ1) is 12.6. The first-order valence-corrected chi connectivity index (χ1v) is 5.58. The van der Waals surface area contributed by atoms with Gasteiger partial charge in [0.2, 0.25) is 0 Å². The number of anilines is 1. The molecule has 0 spiro atoms. The average molecular weight is 221 g/mol. The summed E-state index contributed by atoms with van der Waals surface area (Å²) in [6.07, 6.45) is 0.945. The molecule has 1 aromatic rings. The van der Waals surface area contributed by atoms with Gasteiger partial charge >= 0.3 is 5.97 Å². The van der Waals surface area contributed by atoms with Gasteiger partial charge < -0.3 is 10.0 Å². The van der Waals surface area contributed by atoms with Crippen molar-refractivity contribution < 1.29 is 9.90 Å². The molecule has 16 heavy (non-hydrogen) atoms. The van der Waals surface area contributed by atoms with E-state index >= 15 is 0 Å². The lowest BCUT2D eigenvalue weighted by molar-refractivity contribution is -0.135. The highest BCUT2D eigenvalue weighted by Crippen LogP contribution is 2.18. The number of rotatable bonds is 5. The molecule has 0 aliphatic carbocycles. The van der Waals surface area contributed by atoms with E-state index in [9.17, 15) is 4.79 Å². The highest BCUT2D eigenvalue weighted by molar-refractivity contribution is 5.74. The summed E-state index contributed by atoms with van der Waals surface area (Å²) >= 11 is 0. The first-order valence-electron chi connectivity index (χ1n) is 5.58. The summed E-state index contributed by atoms with van der Waals surface area (Å²) in [5.41, 5.74) is 3.34. The second-order valence-corrected chi connectivity index (χ2v) is 4.16. The van der Waals surface area contributed by atoms with Crippen molar-refractivity contribution in [2.45, 2.75) is 27.2 Å². The molecule has 1 rings (SSSR count). The van der Waals surface area contributed by atoms with Crippen molar-refractivity contribution in [1.82, 2.24) is 0 Å². The number of carboxylic acid groups (broad SMARTS) is 1. The molecule has 1 aromatic carbocycles. The molecule has 3 nitrogen and oxygen atoms in total. The summed E-state index contributed by atoms with van der Waals surface area (Å²) in [7, 11) is 0. The SMILES string of the molecule is CCCN(CC(=O)O)c1cc(C)cc(C)c1. The fourth-order valence-electron chi connectivity index (χ4n) is 1.87. The molecule has 0 heterocycles. The van der Waals surface area contributed by atoms with Crippen molar-refractivity contribution in [2.75, 3.05) is 18.0 Å². The van der Waals surface area contributed by atoms with Crippen molar-refractivity contribution in [3.8, 4) is 0 Å². The first-order chi connectivity index (χ1) is 7.52. The molecular weight excluding hydrogens is 202 g/mol. The molecule has 0 radical (unpaired) electrons. The van der Waals surface area contributed by atoms with Crippen LogP contribution in [-0.2, 0) is 4.79 Å². The Bertz CT molecular complexity index is 354. The van der Waals surface area contributed by atoms with Gasteiger partial charge in [-0.2, -0.15) is 0 Å². The zero-order valence-electron chi connectivity index (χ0n) is 10.2. The molecule has 0 aliphatic rings. The fourth-order valence-corrected chi connectivity index (χ4v) is 1.87. The molecule has 1 N–H and O–H groups in total. The van der Waals surface area contributed by atoms with E-state index in [0.29, 0.717) is 0 Å². The van der Waals surface area contributed by atoms with Crippen LogP contribution in [0.3, 0.4) is 0 Å². The molecule has 88 valence electrons. The van der Waals surface area contributed by atoms with Crippen LogP contribution in [0.5, 0.6) is 0 Å². The number of aryl methyl sites for hydroxylation is 2. The van der Waals surface area contributed by atoms with E-state index < -0.39 is 5.97 Å². The van der Waals surface area contributed by atoms with E-state index in [-0.39, 0.29) is 6.54 Å². The van der Waals surface area contributed by atoms with Gasteiger partial charge in [0.1, 0.15) is 6.54 Å². The second-order valence-electron chi connectivity index (χ2n) is 4.16. The molecule has 0 saturated heterocycles. The van der Waals surface area contributed by atoms with Gasteiger partial charge in [-0.05, 0) is 43.5 Å². The largest absolute Gasteiger partial charge is 0.480 e. The molecule has 0 saturated carbocycles. The van der Waals surface area contributed by atoms with E-state index in [0.717, 1.165) is 18.7 Å². The number of carboxylic acids is 1. The standard InChI is InChI=1S/C13H19NO2/c1-4-5-14(9-13(15)16)12-7-10(2)6-11(3)8-12/h6-8H,4-5,9H2,1-3H3,(H,15,16). The Balaban J connectivity index is 2.95. The van der Waals surface area contributed by atoms with Gasteiger partial charge in [-0.15, -0.1) is 0 Å². The van der Waals surface area contributed by atoms with Crippen molar-refractivity contribution in [1.29, 1.82) is 0 Å². The van der Waals surface area contributed by atoms with Crippen LogP contribution in [0.4, 0.5) is 5.69 Å².